The van der Waals surface area contributed by atoms with E-state index < -0.39 is 0 Å². The highest BCUT2D eigenvalue weighted by atomic mass is 32.2. The molecule has 1 aliphatic heterocycles. The fourth-order valence-corrected chi connectivity index (χ4v) is 5.66. The van der Waals surface area contributed by atoms with E-state index in [1.165, 1.54) is 11.8 Å². The molecule has 1 amide bonds. The van der Waals surface area contributed by atoms with Crippen molar-refractivity contribution in [2.45, 2.75) is 13.0 Å². The van der Waals surface area contributed by atoms with E-state index in [1.54, 1.807) is 19.1 Å². The van der Waals surface area contributed by atoms with Crippen molar-refractivity contribution in [1.29, 1.82) is 0 Å². The van der Waals surface area contributed by atoms with Gasteiger partial charge in [-0.15, -0.1) is 0 Å². The lowest BCUT2D eigenvalue weighted by Gasteiger charge is -2.23. The number of methoxy groups -OCH3 is 2. The summed E-state index contributed by atoms with van der Waals surface area (Å²) < 4.78 is 13.3. The van der Waals surface area contributed by atoms with Crippen molar-refractivity contribution < 1.29 is 14.3 Å². The van der Waals surface area contributed by atoms with Crippen LogP contribution in [0.5, 0.6) is 11.5 Å². The van der Waals surface area contributed by atoms with Crippen LogP contribution in [0, 0.1) is 0 Å². The largest absolute Gasteiger partial charge is 0.493 e. The molecule has 2 heterocycles. The summed E-state index contributed by atoms with van der Waals surface area (Å²) in [4.78, 5) is 15.8. The van der Waals surface area contributed by atoms with Gasteiger partial charge in [-0.2, -0.15) is 5.10 Å². The molecule has 1 fully saturated rings. The van der Waals surface area contributed by atoms with Crippen LogP contribution in [0.15, 0.2) is 90.0 Å². The number of rotatable bonds is 7. The van der Waals surface area contributed by atoms with E-state index in [1.807, 2.05) is 103 Å². The quantitative estimate of drug-likeness (QED) is 0.202. The van der Waals surface area contributed by atoms with Crippen LogP contribution in [-0.4, -0.2) is 39.1 Å². The molecule has 1 aliphatic rings. The molecular weight excluding hydrogens is 502 g/mol. The fraction of sp³-hybridized carbons (Fsp3) is 0.138. The smallest absolute Gasteiger partial charge is 0.266 e. The Morgan fingerprint density at radius 1 is 0.946 bits per heavy atom. The van der Waals surface area contributed by atoms with Crippen LogP contribution in [-0.2, 0) is 4.79 Å². The Labute approximate surface area is 225 Å². The van der Waals surface area contributed by atoms with Crippen LogP contribution < -0.4 is 9.47 Å². The third-order valence-corrected chi connectivity index (χ3v) is 7.53. The van der Waals surface area contributed by atoms with Crippen LogP contribution in [0.4, 0.5) is 0 Å². The number of ether oxygens (including phenoxy) is 2. The number of hydrogen-bond donors (Lipinski definition) is 0. The average Bonchev–Trinajstić information content (AvgIpc) is 3.48. The van der Waals surface area contributed by atoms with Gasteiger partial charge in [0.2, 0.25) is 0 Å². The maximum Gasteiger partial charge on any atom is 0.266 e. The second-order valence-electron chi connectivity index (χ2n) is 8.42. The molecule has 0 radical (unpaired) electrons. The van der Waals surface area contributed by atoms with Crippen molar-refractivity contribution in [2.24, 2.45) is 0 Å². The van der Waals surface area contributed by atoms with Crippen molar-refractivity contribution >= 4 is 40.3 Å². The van der Waals surface area contributed by atoms with E-state index in [-0.39, 0.29) is 11.9 Å². The molecule has 0 saturated carbocycles. The first-order valence-electron chi connectivity index (χ1n) is 11.7. The summed E-state index contributed by atoms with van der Waals surface area (Å²) in [5, 5.41) is 4.88. The summed E-state index contributed by atoms with van der Waals surface area (Å²) >= 11 is 6.94. The fourth-order valence-electron chi connectivity index (χ4n) is 4.25. The number of para-hydroxylation sites is 1. The number of carbonyl (C=O) groups excluding carboxylic acids is 1. The average molecular weight is 528 g/mol. The minimum absolute atomic E-state index is 0.114. The van der Waals surface area contributed by atoms with Gasteiger partial charge in [-0.1, -0.05) is 72.5 Å². The van der Waals surface area contributed by atoms with Gasteiger partial charge < -0.3 is 9.47 Å². The normalized spacial score (nSPS) is 15.3. The lowest BCUT2D eigenvalue weighted by atomic mass is 10.1. The number of nitrogens with zero attached hydrogens (tertiary/aromatic N) is 3. The van der Waals surface area contributed by atoms with Crippen LogP contribution in [0.3, 0.4) is 0 Å². The zero-order valence-electron chi connectivity index (χ0n) is 20.6. The molecule has 0 bridgehead atoms. The van der Waals surface area contributed by atoms with Crippen molar-refractivity contribution in [3.63, 3.8) is 0 Å². The Bertz CT molecular complexity index is 1480. The standard InChI is InChI=1S/C29H25N3O3S2/c1-19(20-10-6-4-7-11-20)32-28(33)26(37-29(32)36)17-22-18-31(23-12-8-5-9-13-23)30-27(22)21-14-15-24(34-2)25(16-21)35-3/h4-19H,1-3H3/b26-17-/t19-/m0/s1. The van der Waals surface area contributed by atoms with Gasteiger partial charge in [0, 0.05) is 17.3 Å². The van der Waals surface area contributed by atoms with E-state index in [0.717, 1.165) is 22.4 Å². The first-order chi connectivity index (χ1) is 18.0. The monoisotopic (exact) mass is 527 g/mol. The molecule has 0 N–H and O–H groups in total. The Balaban J connectivity index is 1.57. The molecule has 1 atom stereocenters. The number of thioether (sulfide) groups is 1. The summed E-state index contributed by atoms with van der Waals surface area (Å²) in [6.45, 7) is 1.99. The Hall–Kier alpha value is -3.88. The topological polar surface area (TPSA) is 56.6 Å². The second-order valence-corrected chi connectivity index (χ2v) is 10.1. The zero-order chi connectivity index (χ0) is 25.9. The van der Waals surface area contributed by atoms with Crippen molar-refractivity contribution in [3.8, 4) is 28.4 Å². The van der Waals surface area contributed by atoms with Crippen LogP contribution in [0.25, 0.3) is 23.0 Å². The molecule has 0 unspecified atom stereocenters. The predicted octanol–water partition coefficient (Wildman–Crippen LogP) is 6.52. The molecule has 1 aromatic heterocycles. The SMILES string of the molecule is COc1ccc(-c2nn(-c3ccccc3)cc2/C=C2\SC(=S)N([C@@H](C)c3ccccc3)C2=O)cc1OC. The third kappa shape index (κ3) is 4.90. The van der Waals surface area contributed by atoms with Crippen LogP contribution >= 0.6 is 24.0 Å². The maximum atomic E-state index is 13.5. The van der Waals surface area contributed by atoms with Crippen LogP contribution in [0.2, 0.25) is 0 Å². The molecular formula is C29H25N3O3S2. The van der Waals surface area contributed by atoms with Gasteiger partial charge in [0.05, 0.1) is 30.9 Å². The van der Waals surface area contributed by atoms with E-state index in [9.17, 15) is 4.79 Å². The Morgan fingerprint density at radius 3 is 2.30 bits per heavy atom. The lowest BCUT2D eigenvalue weighted by molar-refractivity contribution is -0.123. The maximum absolute atomic E-state index is 13.5. The number of amides is 1. The van der Waals surface area contributed by atoms with Gasteiger partial charge in [0.25, 0.3) is 5.91 Å². The van der Waals surface area contributed by atoms with Gasteiger partial charge in [-0.3, -0.25) is 9.69 Å². The molecule has 0 spiro atoms. The molecule has 37 heavy (non-hydrogen) atoms. The van der Waals surface area contributed by atoms with Gasteiger partial charge in [-0.05, 0) is 48.9 Å². The highest BCUT2D eigenvalue weighted by molar-refractivity contribution is 8.26. The summed E-state index contributed by atoms with van der Waals surface area (Å²) in [6, 6.07) is 25.2. The summed E-state index contributed by atoms with van der Waals surface area (Å²) in [6.07, 6.45) is 3.80. The van der Waals surface area contributed by atoms with E-state index in [4.69, 9.17) is 26.8 Å². The minimum atomic E-state index is -0.169. The summed E-state index contributed by atoms with van der Waals surface area (Å²) in [7, 11) is 3.20. The molecule has 186 valence electrons. The summed E-state index contributed by atoms with van der Waals surface area (Å²) in [5.74, 6) is 1.12. The number of aromatic nitrogens is 2. The number of hydrogen-bond acceptors (Lipinski definition) is 6. The van der Waals surface area contributed by atoms with Gasteiger partial charge >= 0.3 is 0 Å². The molecule has 8 heteroatoms. The molecule has 6 nitrogen and oxygen atoms in total. The lowest BCUT2D eigenvalue weighted by Crippen LogP contribution is -2.30. The molecule has 3 aromatic carbocycles. The first kappa shape index (κ1) is 24.8. The number of thiocarbonyl (C=S) groups is 1. The molecule has 0 aliphatic carbocycles. The predicted molar refractivity (Wildman–Crippen MR) is 152 cm³/mol. The van der Waals surface area contributed by atoms with Gasteiger partial charge in [0.15, 0.2) is 11.5 Å². The zero-order valence-corrected chi connectivity index (χ0v) is 22.3. The second kappa shape index (κ2) is 10.6. The van der Waals surface area contributed by atoms with Crippen LogP contribution in [0.1, 0.15) is 24.1 Å². The number of carbonyl (C=O) groups is 1. The molecule has 5 rings (SSSR count). The van der Waals surface area contributed by atoms with Gasteiger partial charge in [0.1, 0.15) is 10.0 Å². The molecule has 1 saturated heterocycles. The molecule has 4 aromatic rings. The Kier molecular flexibility index (Phi) is 7.12. The van der Waals surface area contributed by atoms with E-state index in [2.05, 4.69) is 0 Å². The summed E-state index contributed by atoms with van der Waals surface area (Å²) in [5.41, 5.74) is 4.29. The van der Waals surface area contributed by atoms with E-state index >= 15 is 0 Å². The number of benzene rings is 3. The minimum Gasteiger partial charge on any atom is -0.493 e. The van der Waals surface area contributed by atoms with Gasteiger partial charge in [-0.25, -0.2) is 4.68 Å². The highest BCUT2D eigenvalue weighted by Crippen LogP contribution is 2.40. The van der Waals surface area contributed by atoms with E-state index in [0.29, 0.717) is 26.4 Å². The third-order valence-electron chi connectivity index (χ3n) is 6.20. The Morgan fingerprint density at radius 2 is 1.62 bits per heavy atom. The first-order valence-corrected chi connectivity index (χ1v) is 12.9. The van der Waals surface area contributed by atoms with Crippen molar-refractivity contribution in [3.05, 3.63) is 101 Å². The van der Waals surface area contributed by atoms with Crippen molar-refractivity contribution in [2.75, 3.05) is 14.2 Å². The van der Waals surface area contributed by atoms with Crippen molar-refractivity contribution in [1.82, 2.24) is 14.7 Å². The highest BCUT2D eigenvalue weighted by Gasteiger charge is 2.36.